The average molecular weight is 303 g/mol. The monoisotopic (exact) mass is 302 g/mol. The number of para-hydroxylation sites is 1. The van der Waals surface area contributed by atoms with E-state index in [0.717, 1.165) is 12.8 Å². The molecule has 0 radical (unpaired) electrons. The number of carbonyl (C=O) groups excluding carboxylic acids is 1. The molecule has 1 aromatic carbocycles. The Hall–Kier alpha value is -1.27. The van der Waals surface area contributed by atoms with Crippen LogP contribution in [0.3, 0.4) is 0 Å². The lowest BCUT2D eigenvalue weighted by Crippen LogP contribution is -2.27. The third-order valence-electron chi connectivity index (χ3n) is 2.70. The van der Waals surface area contributed by atoms with Crippen molar-refractivity contribution in [2.24, 2.45) is 0 Å². The van der Waals surface area contributed by atoms with E-state index in [2.05, 4.69) is 10.0 Å². The summed E-state index contributed by atoms with van der Waals surface area (Å²) in [5, 5.41) is 2.83. The van der Waals surface area contributed by atoms with Crippen LogP contribution in [0.15, 0.2) is 24.3 Å². The van der Waals surface area contributed by atoms with E-state index in [1.807, 2.05) is 0 Å². The van der Waals surface area contributed by atoms with Gasteiger partial charge in [0.2, 0.25) is 10.0 Å². The maximum absolute atomic E-state index is 12.0. The third kappa shape index (κ3) is 4.11. The molecule has 1 amide bonds. The lowest BCUT2D eigenvalue weighted by molar-refractivity contribution is 0.0952. The van der Waals surface area contributed by atoms with Gasteiger partial charge in [0.1, 0.15) is 0 Å². The van der Waals surface area contributed by atoms with Crippen LogP contribution in [0.4, 0.5) is 5.69 Å². The average Bonchev–Trinajstić information content (AvgIpc) is 3.12. The molecule has 0 aliphatic heterocycles. The maximum Gasteiger partial charge on any atom is 0.253 e. The predicted octanol–water partition coefficient (Wildman–Crippen LogP) is 1.56. The molecule has 1 aliphatic carbocycles. The van der Waals surface area contributed by atoms with Crippen molar-refractivity contribution in [1.82, 2.24) is 5.32 Å². The summed E-state index contributed by atoms with van der Waals surface area (Å²) in [6.45, 7) is 0. The van der Waals surface area contributed by atoms with E-state index in [4.69, 9.17) is 11.6 Å². The number of rotatable bonds is 6. The smallest absolute Gasteiger partial charge is 0.253 e. The fourth-order valence-electron chi connectivity index (χ4n) is 1.58. The highest BCUT2D eigenvalue weighted by Gasteiger charge is 2.25. The van der Waals surface area contributed by atoms with Gasteiger partial charge in [-0.05, 0) is 25.0 Å². The van der Waals surface area contributed by atoms with Gasteiger partial charge in [-0.15, -0.1) is 11.6 Å². The van der Waals surface area contributed by atoms with E-state index >= 15 is 0 Å². The highest BCUT2D eigenvalue weighted by Crippen LogP contribution is 2.22. The summed E-state index contributed by atoms with van der Waals surface area (Å²) >= 11 is 5.43. The molecule has 0 heterocycles. The van der Waals surface area contributed by atoms with E-state index in [-0.39, 0.29) is 29.3 Å². The zero-order chi connectivity index (χ0) is 13.9. The second kappa shape index (κ2) is 5.79. The maximum atomic E-state index is 12.0. The second-order valence-electron chi connectivity index (χ2n) is 4.40. The lowest BCUT2D eigenvalue weighted by atomic mass is 10.1. The zero-order valence-corrected chi connectivity index (χ0v) is 11.8. The van der Waals surface area contributed by atoms with Crippen molar-refractivity contribution in [2.75, 3.05) is 16.4 Å². The molecule has 0 atom stereocenters. The quantitative estimate of drug-likeness (QED) is 0.783. The normalized spacial score (nSPS) is 15.0. The van der Waals surface area contributed by atoms with Gasteiger partial charge in [0.25, 0.3) is 5.91 Å². The van der Waals surface area contributed by atoms with Crippen molar-refractivity contribution in [3.63, 3.8) is 0 Å². The first-order chi connectivity index (χ1) is 9.02. The molecule has 0 unspecified atom stereocenters. The van der Waals surface area contributed by atoms with Gasteiger partial charge in [-0.25, -0.2) is 8.42 Å². The van der Waals surface area contributed by atoms with Gasteiger partial charge in [-0.2, -0.15) is 0 Å². The Labute approximate surface area is 117 Å². The van der Waals surface area contributed by atoms with Crippen LogP contribution in [0, 0.1) is 0 Å². The van der Waals surface area contributed by atoms with Gasteiger partial charge < -0.3 is 5.32 Å². The fraction of sp³-hybridized carbons (Fsp3) is 0.417. The van der Waals surface area contributed by atoms with E-state index in [0.29, 0.717) is 5.56 Å². The number of anilines is 1. The Kier molecular flexibility index (Phi) is 4.31. The van der Waals surface area contributed by atoms with Crippen molar-refractivity contribution in [3.05, 3.63) is 29.8 Å². The molecule has 7 heteroatoms. The Morgan fingerprint density at radius 1 is 1.32 bits per heavy atom. The van der Waals surface area contributed by atoms with Gasteiger partial charge >= 0.3 is 0 Å². The Balaban J connectivity index is 2.17. The minimum atomic E-state index is -3.52. The van der Waals surface area contributed by atoms with Crippen LogP contribution in [0.5, 0.6) is 0 Å². The molecular weight excluding hydrogens is 288 g/mol. The van der Waals surface area contributed by atoms with Gasteiger partial charge in [0, 0.05) is 11.9 Å². The summed E-state index contributed by atoms with van der Waals surface area (Å²) in [6, 6.07) is 6.75. The molecule has 19 heavy (non-hydrogen) atoms. The molecule has 5 nitrogen and oxygen atoms in total. The predicted molar refractivity (Wildman–Crippen MR) is 75.1 cm³/mol. The Bertz CT molecular complexity index is 570. The Morgan fingerprint density at radius 3 is 2.63 bits per heavy atom. The first-order valence-electron chi connectivity index (χ1n) is 5.98. The summed E-state index contributed by atoms with van der Waals surface area (Å²) < 4.78 is 25.8. The highest BCUT2D eigenvalue weighted by molar-refractivity contribution is 7.92. The van der Waals surface area contributed by atoms with Crippen molar-refractivity contribution >= 4 is 33.2 Å². The van der Waals surface area contributed by atoms with Gasteiger partial charge in [-0.1, -0.05) is 12.1 Å². The number of carbonyl (C=O) groups is 1. The topological polar surface area (TPSA) is 75.3 Å². The van der Waals surface area contributed by atoms with Crippen molar-refractivity contribution < 1.29 is 13.2 Å². The number of hydrogen-bond acceptors (Lipinski definition) is 3. The summed E-state index contributed by atoms with van der Waals surface area (Å²) in [5.41, 5.74) is 0.610. The van der Waals surface area contributed by atoms with Gasteiger partial charge in [0.05, 0.1) is 17.0 Å². The molecule has 0 saturated heterocycles. The number of sulfonamides is 1. The van der Waals surface area contributed by atoms with E-state index < -0.39 is 10.0 Å². The zero-order valence-electron chi connectivity index (χ0n) is 10.2. The van der Waals surface area contributed by atoms with Crippen molar-refractivity contribution in [1.29, 1.82) is 0 Å². The van der Waals surface area contributed by atoms with Crippen LogP contribution in [0.2, 0.25) is 0 Å². The summed E-state index contributed by atoms with van der Waals surface area (Å²) in [4.78, 5) is 12.0. The largest absolute Gasteiger partial charge is 0.349 e. The van der Waals surface area contributed by atoms with Crippen molar-refractivity contribution in [2.45, 2.75) is 18.9 Å². The third-order valence-corrected chi connectivity index (χ3v) is 4.38. The first-order valence-corrected chi connectivity index (χ1v) is 8.17. The Morgan fingerprint density at radius 2 is 2.00 bits per heavy atom. The van der Waals surface area contributed by atoms with E-state index in [9.17, 15) is 13.2 Å². The summed E-state index contributed by atoms with van der Waals surface area (Å²) in [5.74, 6) is -0.439. The molecule has 1 fully saturated rings. The van der Waals surface area contributed by atoms with E-state index in [1.54, 1.807) is 24.3 Å². The molecule has 0 spiro atoms. The standard InChI is InChI=1S/C12H15ClN2O3S/c13-7-8-19(17,18)15-11-4-2-1-3-10(11)12(16)14-9-5-6-9/h1-4,9,15H,5-8H2,(H,14,16). The van der Waals surface area contributed by atoms with Crippen LogP contribution in [-0.4, -0.2) is 32.0 Å². The number of amides is 1. The van der Waals surface area contributed by atoms with E-state index in [1.165, 1.54) is 0 Å². The van der Waals surface area contributed by atoms with Crippen LogP contribution < -0.4 is 10.0 Å². The highest BCUT2D eigenvalue weighted by atomic mass is 35.5. The molecule has 1 saturated carbocycles. The van der Waals surface area contributed by atoms with Crippen LogP contribution in [0.1, 0.15) is 23.2 Å². The minimum Gasteiger partial charge on any atom is -0.349 e. The second-order valence-corrected chi connectivity index (χ2v) is 6.62. The first kappa shape index (κ1) is 14.1. The SMILES string of the molecule is O=C(NC1CC1)c1ccccc1NS(=O)(=O)CCCl. The number of alkyl halides is 1. The molecule has 0 bridgehead atoms. The molecule has 2 N–H and O–H groups in total. The van der Waals surface area contributed by atoms with Crippen LogP contribution >= 0.6 is 11.6 Å². The fourth-order valence-corrected chi connectivity index (χ4v) is 3.01. The van der Waals surface area contributed by atoms with Crippen LogP contribution in [-0.2, 0) is 10.0 Å². The number of nitrogens with one attached hydrogen (secondary N) is 2. The van der Waals surface area contributed by atoms with Gasteiger partial charge in [-0.3, -0.25) is 9.52 Å². The van der Waals surface area contributed by atoms with Gasteiger partial charge in [0.15, 0.2) is 0 Å². The molecule has 1 aromatic rings. The number of halogens is 1. The van der Waals surface area contributed by atoms with Crippen LogP contribution in [0.25, 0.3) is 0 Å². The summed E-state index contributed by atoms with van der Waals surface area (Å²) in [7, 11) is -3.52. The minimum absolute atomic E-state index is 0.00572. The van der Waals surface area contributed by atoms with Crippen molar-refractivity contribution in [3.8, 4) is 0 Å². The lowest BCUT2D eigenvalue weighted by Gasteiger charge is -2.11. The molecule has 0 aromatic heterocycles. The molecule has 1 aliphatic rings. The number of hydrogen-bond donors (Lipinski definition) is 2. The molecular formula is C12H15ClN2O3S. The molecule has 104 valence electrons. The number of benzene rings is 1. The molecule has 2 rings (SSSR count). The summed E-state index contributed by atoms with van der Waals surface area (Å²) in [6.07, 6.45) is 1.96.